The largest absolute Gasteiger partial charge is 0.490 e. The summed E-state index contributed by atoms with van der Waals surface area (Å²) in [6.07, 6.45) is 8.39. The molecule has 1 atom stereocenters. The first kappa shape index (κ1) is 16.2. The molecule has 0 bridgehead atoms. The van der Waals surface area contributed by atoms with Crippen molar-refractivity contribution in [2.45, 2.75) is 68.9 Å². The Morgan fingerprint density at radius 1 is 1.23 bits per heavy atom. The monoisotopic (exact) mass is 322 g/mol. The van der Waals surface area contributed by atoms with Crippen LogP contribution in [0.5, 0.6) is 5.75 Å². The minimum absolute atomic E-state index is 0.120. The van der Waals surface area contributed by atoms with Crippen molar-refractivity contribution < 1.29 is 9.13 Å². The molecule has 0 amide bonds. The van der Waals surface area contributed by atoms with Crippen LogP contribution in [-0.4, -0.2) is 11.9 Å². The predicted molar refractivity (Wildman–Crippen MR) is 91.3 cm³/mol. The quantitative estimate of drug-likeness (QED) is 0.629. The van der Waals surface area contributed by atoms with Crippen LogP contribution in [0.4, 0.5) is 4.39 Å². The maximum absolute atomic E-state index is 14.7. The van der Waals surface area contributed by atoms with E-state index in [-0.39, 0.29) is 5.82 Å². The molecule has 0 radical (unpaired) electrons. The molecule has 0 aromatic heterocycles. The van der Waals surface area contributed by atoms with Gasteiger partial charge in [0, 0.05) is 5.25 Å². The van der Waals surface area contributed by atoms with Gasteiger partial charge in [0.05, 0.1) is 11.5 Å². The van der Waals surface area contributed by atoms with Gasteiger partial charge < -0.3 is 4.74 Å². The van der Waals surface area contributed by atoms with E-state index in [9.17, 15) is 4.39 Å². The molecule has 3 heteroatoms. The summed E-state index contributed by atoms with van der Waals surface area (Å²) in [6.45, 7) is 5.08. The van der Waals surface area contributed by atoms with Crippen molar-refractivity contribution in [3.05, 3.63) is 23.5 Å². The molecule has 1 aliphatic carbocycles. The molecule has 1 saturated carbocycles. The summed E-state index contributed by atoms with van der Waals surface area (Å²) in [5, 5.41) is 0.572. The third kappa shape index (κ3) is 3.45. The van der Waals surface area contributed by atoms with Gasteiger partial charge in [0.25, 0.3) is 0 Å². The Bertz CT molecular complexity index is 508. The average molecular weight is 322 g/mol. The summed E-state index contributed by atoms with van der Waals surface area (Å²) in [7, 11) is 0. The summed E-state index contributed by atoms with van der Waals surface area (Å²) in [5.74, 6) is 1.96. The lowest BCUT2D eigenvalue weighted by Gasteiger charge is -2.30. The summed E-state index contributed by atoms with van der Waals surface area (Å²) in [6, 6.07) is 3.91. The van der Waals surface area contributed by atoms with Crippen LogP contribution < -0.4 is 4.74 Å². The minimum Gasteiger partial charge on any atom is -0.490 e. The minimum atomic E-state index is -0.120. The van der Waals surface area contributed by atoms with Gasteiger partial charge in [-0.15, -0.1) is 11.8 Å². The van der Waals surface area contributed by atoms with Gasteiger partial charge in [0.15, 0.2) is 11.6 Å². The third-order valence-corrected chi connectivity index (χ3v) is 6.71. The third-order valence-electron chi connectivity index (χ3n) is 5.18. The van der Waals surface area contributed by atoms with Crippen molar-refractivity contribution in [3.8, 4) is 5.75 Å². The highest BCUT2D eigenvalue weighted by molar-refractivity contribution is 8.00. The van der Waals surface area contributed by atoms with Crippen LogP contribution in [0.15, 0.2) is 17.0 Å². The molecule has 1 nitrogen and oxygen atoms in total. The van der Waals surface area contributed by atoms with Crippen LogP contribution in [0.3, 0.4) is 0 Å². The number of halogens is 1. The molecule has 2 aliphatic rings. The summed E-state index contributed by atoms with van der Waals surface area (Å²) in [4.78, 5) is 0.859. The van der Waals surface area contributed by atoms with Gasteiger partial charge in [-0.3, -0.25) is 0 Å². The molecule has 0 N–H and O–H groups in total. The summed E-state index contributed by atoms with van der Waals surface area (Å²) in [5.41, 5.74) is 1.19. The number of ether oxygens (including phenoxy) is 1. The Balaban J connectivity index is 1.66. The van der Waals surface area contributed by atoms with Crippen LogP contribution in [0.25, 0.3) is 0 Å². The van der Waals surface area contributed by atoms with Gasteiger partial charge in [-0.25, -0.2) is 4.39 Å². The number of unbranched alkanes of at least 4 members (excludes halogenated alkanes) is 1. The maximum Gasteiger partial charge on any atom is 0.178 e. The first-order chi connectivity index (χ1) is 10.7. The number of hydrogen-bond acceptors (Lipinski definition) is 2. The van der Waals surface area contributed by atoms with Crippen LogP contribution in [0.2, 0.25) is 0 Å². The van der Waals surface area contributed by atoms with Crippen molar-refractivity contribution in [1.82, 2.24) is 0 Å². The molecule has 0 saturated heterocycles. The van der Waals surface area contributed by atoms with E-state index in [4.69, 9.17) is 4.74 Å². The van der Waals surface area contributed by atoms with Crippen LogP contribution in [-0.2, 0) is 6.42 Å². The number of hydrogen-bond donors (Lipinski definition) is 0. The number of benzene rings is 1. The Morgan fingerprint density at radius 3 is 2.73 bits per heavy atom. The topological polar surface area (TPSA) is 9.23 Å². The van der Waals surface area contributed by atoms with Gasteiger partial charge in [-0.05, 0) is 49.1 Å². The highest BCUT2D eigenvalue weighted by Crippen LogP contribution is 2.47. The summed E-state index contributed by atoms with van der Waals surface area (Å²) < 4.78 is 20.3. The maximum atomic E-state index is 14.7. The zero-order valence-electron chi connectivity index (χ0n) is 13.7. The average Bonchev–Trinajstić information content (AvgIpc) is 2.95. The molecule has 1 aliphatic heterocycles. The van der Waals surface area contributed by atoms with E-state index in [1.54, 1.807) is 11.8 Å². The lowest BCUT2D eigenvalue weighted by Crippen LogP contribution is -2.22. The molecule has 1 fully saturated rings. The van der Waals surface area contributed by atoms with E-state index in [1.165, 1.54) is 31.2 Å². The predicted octanol–water partition coefficient (Wildman–Crippen LogP) is 5.85. The standard InChI is InChI=1S/C19H27FOS/c1-3-4-11-21-16-10-9-15-12-17(22-19(15)18(16)20)14-7-5-13(2)6-8-14/h9-10,13-14,17H,3-8,11-12H2,1-2H3/t13?,14?,17-/m0/s1. The molecule has 122 valence electrons. The molecule has 1 aromatic rings. The zero-order chi connectivity index (χ0) is 15.5. The fraction of sp³-hybridized carbons (Fsp3) is 0.684. The van der Waals surface area contributed by atoms with Crippen molar-refractivity contribution in [2.75, 3.05) is 6.61 Å². The SMILES string of the molecule is CCCCOc1ccc2c(c1F)S[C@H](C1CCC(C)CC1)C2. The first-order valence-electron chi connectivity index (χ1n) is 8.79. The van der Waals surface area contributed by atoms with Gasteiger partial charge in [0.2, 0.25) is 0 Å². The molecule has 3 rings (SSSR count). The molecular weight excluding hydrogens is 295 g/mol. The number of rotatable bonds is 5. The van der Waals surface area contributed by atoms with Gasteiger partial charge >= 0.3 is 0 Å². The normalized spacial score (nSPS) is 27.7. The molecule has 0 unspecified atom stereocenters. The van der Waals surface area contributed by atoms with E-state index in [0.29, 0.717) is 17.6 Å². The van der Waals surface area contributed by atoms with E-state index in [1.807, 2.05) is 6.07 Å². The highest BCUT2D eigenvalue weighted by atomic mass is 32.2. The van der Waals surface area contributed by atoms with E-state index in [2.05, 4.69) is 19.9 Å². The molecule has 22 heavy (non-hydrogen) atoms. The molecule has 1 aromatic carbocycles. The zero-order valence-corrected chi connectivity index (χ0v) is 14.6. The molecule has 1 heterocycles. The Labute approximate surface area is 138 Å². The van der Waals surface area contributed by atoms with Gasteiger partial charge in [0.1, 0.15) is 0 Å². The second-order valence-electron chi connectivity index (χ2n) is 6.95. The van der Waals surface area contributed by atoms with Crippen molar-refractivity contribution in [1.29, 1.82) is 0 Å². The van der Waals surface area contributed by atoms with Gasteiger partial charge in [-0.1, -0.05) is 39.2 Å². The Morgan fingerprint density at radius 2 is 2.00 bits per heavy atom. The first-order valence-corrected chi connectivity index (χ1v) is 9.67. The van der Waals surface area contributed by atoms with Crippen molar-refractivity contribution >= 4 is 11.8 Å². The molecule has 0 spiro atoms. The van der Waals surface area contributed by atoms with Crippen molar-refractivity contribution in [2.24, 2.45) is 11.8 Å². The fourth-order valence-electron chi connectivity index (χ4n) is 3.63. The Hall–Kier alpha value is -0.700. The van der Waals surface area contributed by atoms with E-state index in [0.717, 1.165) is 36.0 Å². The van der Waals surface area contributed by atoms with Crippen LogP contribution >= 0.6 is 11.8 Å². The summed E-state index contributed by atoms with van der Waals surface area (Å²) >= 11 is 1.77. The van der Waals surface area contributed by atoms with E-state index >= 15 is 0 Å². The lowest BCUT2D eigenvalue weighted by atomic mass is 9.80. The smallest absolute Gasteiger partial charge is 0.178 e. The van der Waals surface area contributed by atoms with Crippen molar-refractivity contribution in [3.63, 3.8) is 0 Å². The fourth-order valence-corrected chi connectivity index (χ4v) is 5.17. The Kier molecular flexibility index (Phi) is 5.33. The number of thioether (sulfide) groups is 1. The van der Waals surface area contributed by atoms with Crippen LogP contribution in [0, 0.1) is 17.7 Å². The van der Waals surface area contributed by atoms with Gasteiger partial charge in [-0.2, -0.15) is 0 Å². The van der Waals surface area contributed by atoms with Crippen LogP contribution in [0.1, 0.15) is 57.9 Å². The lowest BCUT2D eigenvalue weighted by molar-refractivity contribution is 0.284. The number of fused-ring (bicyclic) bond motifs is 1. The second kappa shape index (κ2) is 7.25. The molecular formula is C19H27FOS. The highest BCUT2D eigenvalue weighted by Gasteiger charge is 2.34. The van der Waals surface area contributed by atoms with E-state index < -0.39 is 0 Å². The second-order valence-corrected chi connectivity index (χ2v) is 8.20.